The number of hydrogen-bond donors (Lipinski definition) is 1. The molecule has 2 heterocycles. The zero-order valence-corrected chi connectivity index (χ0v) is 18.0. The van der Waals surface area contributed by atoms with Gasteiger partial charge >= 0.3 is 5.97 Å². The molecule has 0 spiro atoms. The predicted molar refractivity (Wildman–Crippen MR) is 110 cm³/mol. The molecule has 0 saturated carbocycles. The van der Waals surface area contributed by atoms with E-state index in [-0.39, 0.29) is 22.0 Å². The largest absolute Gasteiger partial charge is 0.481 e. The Kier molecular flexibility index (Phi) is 5.15. The Hall–Kier alpha value is -2.76. The maximum atomic E-state index is 13.2. The summed E-state index contributed by atoms with van der Waals surface area (Å²) in [6.45, 7) is 0.0334. The van der Waals surface area contributed by atoms with Crippen molar-refractivity contribution in [3.63, 3.8) is 0 Å². The Morgan fingerprint density at radius 1 is 1.19 bits per heavy atom. The minimum absolute atomic E-state index is 0.0334. The predicted octanol–water partition coefficient (Wildman–Crippen LogP) is 1.88. The van der Waals surface area contributed by atoms with Gasteiger partial charge in [0.1, 0.15) is 10.8 Å². The van der Waals surface area contributed by atoms with Gasteiger partial charge in [0.15, 0.2) is 9.84 Å². The number of carboxylic acid groups (broad SMARTS) is 1. The molecule has 3 aromatic rings. The smallest absolute Gasteiger partial charge is 0.307 e. The number of halogens is 1. The van der Waals surface area contributed by atoms with Crippen LogP contribution in [0.1, 0.15) is 5.56 Å². The Bertz CT molecular complexity index is 1400. The molecule has 8 nitrogen and oxygen atoms in total. The Morgan fingerprint density at radius 2 is 1.84 bits per heavy atom. The van der Waals surface area contributed by atoms with E-state index in [2.05, 4.69) is 0 Å². The number of aromatic nitrogens is 1. The Labute approximate surface area is 178 Å². The lowest BCUT2D eigenvalue weighted by Gasteiger charge is -2.32. The van der Waals surface area contributed by atoms with E-state index in [4.69, 9.17) is 0 Å². The van der Waals surface area contributed by atoms with E-state index in [9.17, 15) is 31.1 Å². The number of benzene rings is 2. The SMILES string of the molecule is CN(C1Cn2c(c(CC(=O)O)c3ccccc32)S(=O)(=O)C1)S(=O)(=O)c1ccc(F)cc1. The number of para-hydroxylation sites is 1. The fourth-order valence-corrected chi connectivity index (χ4v) is 7.50. The van der Waals surface area contributed by atoms with Crippen molar-refractivity contribution in [2.75, 3.05) is 12.8 Å². The number of hydrogen-bond acceptors (Lipinski definition) is 5. The van der Waals surface area contributed by atoms with Gasteiger partial charge in [0.05, 0.1) is 23.1 Å². The summed E-state index contributed by atoms with van der Waals surface area (Å²) in [4.78, 5) is 11.2. The number of likely N-dealkylation sites (N-methyl/N-ethyl adjacent to an activating group) is 1. The molecule has 1 unspecified atom stereocenters. The van der Waals surface area contributed by atoms with E-state index in [1.54, 1.807) is 24.3 Å². The van der Waals surface area contributed by atoms with Gasteiger partial charge in [-0.05, 0) is 30.3 Å². The van der Waals surface area contributed by atoms with Crippen LogP contribution in [0.15, 0.2) is 58.5 Å². The quantitative estimate of drug-likeness (QED) is 0.614. The second-order valence-electron chi connectivity index (χ2n) is 7.39. The zero-order valence-electron chi connectivity index (χ0n) is 16.4. The van der Waals surface area contributed by atoms with Gasteiger partial charge in [-0.15, -0.1) is 0 Å². The number of rotatable bonds is 5. The summed E-state index contributed by atoms with van der Waals surface area (Å²) in [5.74, 6) is -2.24. The van der Waals surface area contributed by atoms with Crippen LogP contribution in [0.3, 0.4) is 0 Å². The van der Waals surface area contributed by atoms with E-state index >= 15 is 0 Å². The number of nitrogens with zero attached hydrogens (tertiary/aromatic N) is 2. The maximum absolute atomic E-state index is 13.2. The van der Waals surface area contributed by atoms with Crippen molar-refractivity contribution in [1.29, 1.82) is 0 Å². The van der Waals surface area contributed by atoms with Crippen LogP contribution in [0, 0.1) is 5.82 Å². The van der Waals surface area contributed by atoms with E-state index < -0.39 is 49.9 Å². The highest BCUT2D eigenvalue weighted by atomic mass is 32.2. The molecule has 11 heteroatoms. The average molecular weight is 467 g/mol. The van der Waals surface area contributed by atoms with Crippen molar-refractivity contribution in [2.45, 2.75) is 28.9 Å². The molecule has 0 fully saturated rings. The summed E-state index contributed by atoms with van der Waals surface area (Å²) in [5.41, 5.74) is 0.722. The maximum Gasteiger partial charge on any atom is 0.307 e. The lowest BCUT2D eigenvalue weighted by molar-refractivity contribution is -0.136. The second kappa shape index (κ2) is 7.43. The number of aliphatic carboxylic acids is 1. The lowest BCUT2D eigenvalue weighted by atomic mass is 10.1. The zero-order chi connectivity index (χ0) is 22.6. The number of fused-ring (bicyclic) bond motifs is 3. The molecule has 0 aliphatic carbocycles. The molecule has 164 valence electrons. The Morgan fingerprint density at radius 3 is 2.48 bits per heavy atom. The van der Waals surface area contributed by atoms with Gasteiger partial charge in [-0.3, -0.25) is 4.79 Å². The van der Waals surface area contributed by atoms with E-state index in [0.29, 0.717) is 10.9 Å². The van der Waals surface area contributed by atoms with Crippen molar-refractivity contribution in [1.82, 2.24) is 8.87 Å². The number of carboxylic acids is 1. The first-order valence-electron chi connectivity index (χ1n) is 9.30. The number of sulfonamides is 1. The first-order chi connectivity index (χ1) is 14.5. The van der Waals surface area contributed by atoms with Gasteiger partial charge in [-0.2, -0.15) is 4.31 Å². The van der Waals surface area contributed by atoms with Crippen LogP contribution in [0.4, 0.5) is 4.39 Å². The van der Waals surface area contributed by atoms with Gasteiger partial charge in [-0.25, -0.2) is 21.2 Å². The van der Waals surface area contributed by atoms with Crippen LogP contribution >= 0.6 is 0 Å². The van der Waals surface area contributed by atoms with Crippen molar-refractivity contribution in [2.24, 2.45) is 0 Å². The molecular formula is C20H19FN2O6S2. The number of carbonyl (C=O) groups is 1. The normalized spacial score (nSPS) is 18.2. The minimum Gasteiger partial charge on any atom is -0.481 e. The average Bonchev–Trinajstić information content (AvgIpc) is 3.01. The van der Waals surface area contributed by atoms with Gasteiger partial charge in [0.2, 0.25) is 10.0 Å². The van der Waals surface area contributed by atoms with Crippen LogP contribution in [-0.2, 0) is 37.6 Å². The summed E-state index contributed by atoms with van der Waals surface area (Å²) >= 11 is 0. The highest BCUT2D eigenvalue weighted by molar-refractivity contribution is 7.91. The number of sulfone groups is 1. The molecule has 31 heavy (non-hydrogen) atoms. The van der Waals surface area contributed by atoms with Crippen LogP contribution in [0.5, 0.6) is 0 Å². The summed E-state index contributed by atoms with van der Waals surface area (Å²) in [5, 5.41) is 9.71. The molecule has 0 bridgehead atoms. The molecule has 0 amide bonds. The molecule has 1 aromatic heterocycles. The van der Waals surface area contributed by atoms with E-state index in [1.165, 1.54) is 11.6 Å². The summed E-state index contributed by atoms with van der Waals surface area (Å²) in [7, 11) is -6.78. The van der Waals surface area contributed by atoms with Crippen molar-refractivity contribution in [3.8, 4) is 0 Å². The van der Waals surface area contributed by atoms with Gasteiger partial charge in [0, 0.05) is 30.1 Å². The highest BCUT2D eigenvalue weighted by Gasteiger charge is 2.40. The fraction of sp³-hybridized carbons (Fsp3) is 0.250. The third-order valence-electron chi connectivity index (χ3n) is 5.46. The van der Waals surface area contributed by atoms with Crippen LogP contribution in [0.25, 0.3) is 10.9 Å². The minimum atomic E-state index is -4.08. The van der Waals surface area contributed by atoms with Crippen LogP contribution in [0.2, 0.25) is 0 Å². The van der Waals surface area contributed by atoms with Crippen molar-refractivity contribution >= 4 is 36.7 Å². The van der Waals surface area contributed by atoms with E-state index in [0.717, 1.165) is 28.6 Å². The van der Waals surface area contributed by atoms with Gasteiger partial charge in [-0.1, -0.05) is 18.2 Å². The highest BCUT2D eigenvalue weighted by Crippen LogP contribution is 2.35. The molecule has 1 N–H and O–H groups in total. The summed E-state index contributed by atoms with van der Waals surface area (Å²) < 4.78 is 68.0. The van der Waals surface area contributed by atoms with E-state index in [1.807, 2.05) is 0 Å². The molecule has 2 aromatic carbocycles. The molecule has 0 saturated heterocycles. The molecule has 0 radical (unpaired) electrons. The van der Waals surface area contributed by atoms with Crippen LogP contribution in [-0.4, -0.2) is 55.6 Å². The standard InChI is InChI=1S/C20H19FN2O6S2/c1-22(31(28,29)15-8-6-13(21)7-9-15)14-11-23-18-5-3-2-4-16(18)17(10-19(24)25)20(23)30(26,27)12-14/h2-9,14H,10-12H2,1H3,(H,24,25). The molecule has 1 aliphatic rings. The van der Waals surface area contributed by atoms with Gasteiger partial charge in [0.25, 0.3) is 0 Å². The van der Waals surface area contributed by atoms with Gasteiger partial charge < -0.3 is 9.67 Å². The monoisotopic (exact) mass is 466 g/mol. The molecule has 4 rings (SSSR count). The molecule has 1 aliphatic heterocycles. The molecule has 1 atom stereocenters. The topological polar surface area (TPSA) is 114 Å². The van der Waals surface area contributed by atoms with Crippen molar-refractivity contribution < 1.29 is 31.1 Å². The molecular weight excluding hydrogens is 447 g/mol. The van der Waals surface area contributed by atoms with Crippen LogP contribution < -0.4 is 0 Å². The third kappa shape index (κ3) is 3.62. The summed E-state index contributed by atoms with van der Waals surface area (Å²) in [6, 6.07) is 10.1. The second-order valence-corrected chi connectivity index (χ2v) is 11.3. The summed E-state index contributed by atoms with van der Waals surface area (Å²) in [6.07, 6.45) is -0.462. The Balaban J connectivity index is 1.82. The first kappa shape index (κ1) is 21.5. The fourth-order valence-electron chi connectivity index (χ4n) is 4.00. The first-order valence-corrected chi connectivity index (χ1v) is 12.4. The lowest BCUT2D eigenvalue weighted by Crippen LogP contribution is -2.47. The third-order valence-corrected chi connectivity index (χ3v) is 9.26. The van der Waals surface area contributed by atoms with Crippen molar-refractivity contribution in [3.05, 3.63) is 59.9 Å².